The van der Waals surface area contributed by atoms with Crippen molar-refractivity contribution in [3.63, 3.8) is 0 Å². The molecule has 0 spiro atoms. The number of nitrogens with one attached hydrogen (secondary N) is 2. The van der Waals surface area contributed by atoms with E-state index >= 15 is 0 Å². The molecule has 0 aliphatic heterocycles. The number of allylic oxidation sites excluding steroid dienone is 1. The van der Waals surface area contributed by atoms with Gasteiger partial charge in [0.1, 0.15) is 11.9 Å². The summed E-state index contributed by atoms with van der Waals surface area (Å²) in [6.45, 7) is 4.06. The van der Waals surface area contributed by atoms with Crippen LogP contribution >= 0.6 is 0 Å². The number of ether oxygens (including phenoxy) is 2. The highest BCUT2D eigenvalue weighted by Gasteiger charge is 2.51. The fourth-order valence-electron chi connectivity index (χ4n) is 7.35. The fourth-order valence-corrected chi connectivity index (χ4v) is 7.35. The van der Waals surface area contributed by atoms with Crippen molar-refractivity contribution in [1.29, 1.82) is 5.26 Å². The predicted molar refractivity (Wildman–Crippen MR) is 147 cm³/mol. The number of H-pyrrole nitrogens is 1. The number of hydrogen-bond donors (Lipinski definition) is 2. The first-order chi connectivity index (χ1) is 18.3. The second-order valence-electron chi connectivity index (χ2n) is 11.7. The van der Waals surface area contributed by atoms with Gasteiger partial charge in [-0.15, -0.1) is 0 Å². The molecule has 1 aromatic heterocycles. The molecule has 0 unspecified atom stereocenters. The summed E-state index contributed by atoms with van der Waals surface area (Å²) in [5.74, 6) is 3.78. The molecule has 2 N–H and O–H groups in total. The molecular formula is C31H34N4O3. The van der Waals surface area contributed by atoms with E-state index < -0.39 is 0 Å². The highest BCUT2D eigenvalue weighted by atomic mass is 16.5. The highest BCUT2D eigenvalue weighted by molar-refractivity contribution is 5.90. The Balaban J connectivity index is 1.15. The zero-order valence-corrected chi connectivity index (χ0v) is 22.3. The Morgan fingerprint density at radius 2 is 1.79 bits per heavy atom. The van der Waals surface area contributed by atoms with Gasteiger partial charge in [-0.2, -0.15) is 5.26 Å². The van der Waals surface area contributed by atoms with Crippen LogP contribution in [-0.4, -0.2) is 35.1 Å². The molecule has 4 saturated carbocycles. The van der Waals surface area contributed by atoms with Gasteiger partial charge in [-0.1, -0.05) is 6.07 Å². The summed E-state index contributed by atoms with van der Waals surface area (Å²) < 4.78 is 11.5. The normalized spacial score (nSPS) is 25.8. The maximum atomic E-state index is 12.9. The van der Waals surface area contributed by atoms with Gasteiger partial charge in [0.15, 0.2) is 18.1 Å². The second kappa shape index (κ2) is 9.50. The third kappa shape index (κ3) is 4.64. The van der Waals surface area contributed by atoms with Crippen molar-refractivity contribution in [2.45, 2.75) is 57.9 Å². The Morgan fingerprint density at radius 3 is 2.45 bits per heavy atom. The Hall–Kier alpha value is -3.79. The van der Waals surface area contributed by atoms with Crippen LogP contribution in [0.5, 0.6) is 11.5 Å². The van der Waals surface area contributed by atoms with E-state index in [4.69, 9.17) is 9.47 Å². The monoisotopic (exact) mass is 510 g/mol. The maximum absolute atomic E-state index is 12.9. The molecule has 3 aromatic rings. The van der Waals surface area contributed by atoms with Crippen LogP contribution in [0.1, 0.15) is 61.0 Å². The maximum Gasteiger partial charge on any atom is 0.258 e. The Morgan fingerprint density at radius 1 is 1.11 bits per heavy atom. The minimum Gasteiger partial charge on any atom is -0.493 e. The number of aromatic nitrogens is 2. The largest absolute Gasteiger partial charge is 0.493 e. The molecule has 7 rings (SSSR count). The van der Waals surface area contributed by atoms with E-state index in [1.54, 1.807) is 25.3 Å². The van der Waals surface area contributed by atoms with E-state index in [-0.39, 0.29) is 18.1 Å². The standard InChI is InChI=1S/C31H34N4O3/c1-18-6-25-26(7-19(18)2)34-30(33-25)24(16-32)11-20-4-5-27(28(12-20)37-3)38-17-29(36)35-31-13-21-8-22(14-31)10-23(9-21)15-31/h4-7,11-12,21-23H,8-10,13-15,17H2,1-3H3,(H,33,34)(H,35,36)/b24-11+. The molecule has 38 heavy (non-hydrogen) atoms. The lowest BCUT2D eigenvalue weighted by Gasteiger charge is -2.56. The number of aromatic amines is 1. The van der Waals surface area contributed by atoms with Gasteiger partial charge >= 0.3 is 0 Å². The number of benzene rings is 2. The molecule has 7 nitrogen and oxygen atoms in total. The lowest BCUT2D eigenvalue weighted by atomic mass is 9.53. The van der Waals surface area contributed by atoms with E-state index in [1.807, 2.05) is 25.1 Å². The minimum atomic E-state index is -0.0694. The molecule has 0 saturated heterocycles. The lowest BCUT2D eigenvalue weighted by Crippen LogP contribution is -2.60. The average Bonchev–Trinajstić information content (AvgIpc) is 3.27. The topological polar surface area (TPSA) is 100 Å². The third-order valence-electron chi connectivity index (χ3n) is 8.77. The number of aryl methyl sites for hydroxylation is 2. The molecule has 0 radical (unpaired) electrons. The van der Waals surface area contributed by atoms with Crippen LogP contribution in [0.3, 0.4) is 0 Å². The number of methoxy groups -OCH3 is 1. The number of hydrogen-bond acceptors (Lipinski definition) is 5. The first-order valence-electron chi connectivity index (χ1n) is 13.5. The number of nitriles is 1. The Kier molecular flexibility index (Phi) is 6.14. The molecule has 4 aliphatic rings. The Bertz CT molecular complexity index is 1400. The van der Waals surface area contributed by atoms with Crippen molar-refractivity contribution in [1.82, 2.24) is 15.3 Å². The summed E-state index contributed by atoms with van der Waals surface area (Å²) in [5, 5.41) is 13.2. The van der Waals surface area contributed by atoms with E-state index in [0.717, 1.165) is 59.2 Å². The summed E-state index contributed by atoms with van der Waals surface area (Å²) in [6, 6.07) is 11.8. The second-order valence-corrected chi connectivity index (χ2v) is 11.7. The minimum absolute atomic E-state index is 0.0321. The molecule has 196 valence electrons. The molecule has 1 amide bonds. The summed E-state index contributed by atoms with van der Waals surface area (Å²) in [4.78, 5) is 20.8. The average molecular weight is 511 g/mol. The molecule has 4 bridgehead atoms. The van der Waals surface area contributed by atoms with Gasteiger partial charge in [-0.3, -0.25) is 4.79 Å². The zero-order chi connectivity index (χ0) is 26.4. The first-order valence-corrected chi connectivity index (χ1v) is 13.5. The van der Waals surface area contributed by atoms with Crippen LogP contribution < -0.4 is 14.8 Å². The van der Waals surface area contributed by atoms with Gasteiger partial charge in [0.05, 0.1) is 23.7 Å². The van der Waals surface area contributed by atoms with E-state index in [9.17, 15) is 10.1 Å². The van der Waals surface area contributed by atoms with Crippen molar-refractivity contribution >= 4 is 28.6 Å². The summed E-state index contributed by atoms with van der Waals surface area (Å²) in [5.41, 5.74) is 5.22. The summed E-state index contributed by atoms with van der Waals surface area (Å²) in [7, 11) is 1.57. The van der Waals surface area contributed by atoms with E-state index in [0.29, 0.717) is 22.9 Å². The lowest BCUT2D eigenvalue weighted by molar-refractivity contribution is -0.128. The van der Waals surface area contributed by atoms with Crippen LogP contribution in [0.25, 0.3) is 22.7 Å². The van der Waals surface area contributed by atoms with E-state index in [1.165, 1.54) is 24.8 Å². The smallest absolute Gasteiger partial charge is 0.258 e. The molecule has 0 atom stereocenters. The molecule has 7 heteroatoms. The number of amides is 1. The summed E-state index contributed by atoms with van der Waals surface area (Å²) >= 11 is 0. The van der Waals surface area contributed by atoms with Crippen LogP contribution in [0.2, 0.25) is 0 Å². The Labute approximate surface area is 223 Å². The number of fused-ring (bicyclic) bond motifs is 1. The van der Waals surface area contributed by atoms with Crippen LogP contribution in [0.15, 0.2) is 30.3 Å². The summed E-state index contributed by atoms with van der Waals surface area (Å²) in [6.07, 6.45) is 9.12. The van der Waals surface area contributed by atoms with E-state index in [2.05, 4.69) is 28.3 Å². The van der Waals surface area contributed by atoms with Gasteiger partial charge < -0.3 is 19.8 Å². The molecule has 2 aromatic carbocycles. The van der Waals surface area contributed by atoms with Gasteiger partial charge in [-0.05, 0) is 117 Å². The van der Waals surface area contributed by atoms with Crippen LogP contribution in [0.4, 0.5) is 0 Å². The zero-order valence-electron chi connectivity index (χ0n) is 22.3. The van der Waals surface area contributed by atoms with Crippen molar-refractivity contribution < 1.29 is 14.3 Å². The SMILES string of the molecule is COc1cc(/C=C(\C#N)c2nc3cc(C)c(C)cc3[nH]2)ccc1OCC(=O)NC12CC3CC(CC(C3)C1)C2. The number of carbonyl (C=O) groups excluding carboxylic acids is 1. The van der Waals surface area contributed by atoms with Crippen LogP contribution in [-0.2, 0) is 4.79 Å². The molecule has 4 aliphatic carbocycles. The number of imidazole rings is 1. The van der Waals surface area contributed by atoms with Crippen molar-refractivity contribution in [3.05, 3.63) is 52.8 Å². The quantitative estimate of drug-likeness (QED) is 0.396. The van der Waals surface area contributed by atoms with Crippen molar-refractivity contribution in [2.24, 2.45) is 17.8 Å². The molecular weight excluding hydrogens is 476 g/mol. The predicted octanol–water partition coefficient (Wildman–Crippen LogP) is 5.72. The highest BCUT2D eigenvalue weighted by Crippen LogP contribution is 2.55. The van der Waals surface area contributed by atoms with Crippen molar-refractivity contribution in [3.8, 4) is 17.6 Å². The molecule has 4 fully saturated rings. The van der Waals surface area contributed by atoms with Crippen molar-refractivity contribution in [2.75, 3.05) is 13.7 Å². The third-order valence-corrected chi connectivity index (χ3v) is 8.77. The van der Waals surface area contributed by atoms with Crippen LogP contribution in [0, 0.1) is 42.9 Å². The molecule has 1 heterocycles. The number of nitrogens with zero attached hydrogens (tertiary/aromatic N) is 2. The van der Waals surface area contributed by atoms with Gasteiger partial charge in [0, 0.05) is 5.54 Å². The first kappa shape index (κ1) is 24.5. The van der Waals surface area contributed by atoms with Gasteiger partial charge in [0.2, 0.25) is 0 Å². The number of rotatable bonds is 7. The van der Waals surface area contributed by atoms with Gasteiger partial charge in [-0.25, -0.2) is 4.98 Å². The number of carbonyl (C=O) groups is 1. The fraction of sp³-hybridized carbons (Fsp3) is 0.452. The van der Waals surface area contributed by atoms with Gasteiger partial charge in [0.25, 0.3) is 5.91 Å².